The lowest BCUT2D eigenvalue weighted by molar-refractivity contribution is -0.127. The van der Waals surface area contributed by atoms with Crippen molar-refractivity contribution in [1.29, 1.82) is 0 Å². The number of hydrogen-bond acceptors (Lipinski definition) is 3. The third kappa shape index (κ3) is 4.71. The Morgan fingerprint density at radius 3 is 2.13 bits per heavy atom. The summed E-state index contributed by atoms with van der Waals surface area (Å²) in [5.74, 6) is 0.631. The largest absolute Gasteiger partial charge is 0.497 e. The zero-order valence-corrected chi connectivity index (χ0v) is 13.4. The van der Waals surface area contributed by atoms with Gasteiger partial charge in [-0.05, 0) is 55.8 Å². The maximum atomic E-state index is 12.9. The summed E-state index contributed by atoms with van der Waals surface area (Å²) in [5, 5.41) is 2.89. The second kappa shape index (κ2) is 7.63. The molecule has 1 amide bonds. The normalized spacial score (nSPS) is 13.0. The molecule has 2 aromatic rings. The number of benzene rings is 2. The molecule has 0 radical (unpaired) electrons. The average molecular weight is 317 g/mol. The second-order valence-corrected chi connectivity index (χ2v) is 5.22. The molecule has 0 saturated heterocycles. The predicted octanol–water partition coefficient (Wildman–Crippen LogP) is 3.48. The molecule has 23 heavy (non-hydrogen) atoms. The number of amides is 1. The molecular weight excluding hydrogens is 297 g/mol. The minimum Gasteiger partial charge on any atom is -0.497 e. The molecule has 0 unspecified atom stereocenters. The van der Waals surface area contributed by atoms with E-state index < -0.39 is 6.10 Å². The molecule has 0 aromatic heterocycles. The maximum Gasteiger partial charge on any atom is 0.261 e. The van der Waals surface area contributed by atoms with E-state index in [1.165, 1.54) is 24.3 Å². The molecule has 1 N–H and O–H groups in total. The number of hydrogen-bond donors (Lipinski definition) is 1. The molecule has 122 valence electrons. The Bertz CT molecular complexity index is 640. The number of carbonyl (C=O) groups is 1. The van der Waals surface area contributed by atoms with Gasteiger partial charge < -0.3 is 14.8 Å². The van der Waals surface area contributed by atoms with Gasteiger partial charge in [0.05, 0.1) is 13.2 Å². The van der Waals surface area contributed by atoms with Crippen molar-refractivity contribution in [3.05, 3.63) is 59.9 Å². The van der Waals surface area contributed by atoms with Crippen molar-refractivity contribution in [2.45, 2.75) is 26.0 Å². The van der Waals surface area contributed by atoms with E-state index in [2.05, 4.69) is 5.32 Å². The van der Waals surface area contributed by atoms with Crippen LogP contribution in [0.25, 0.3) is 0 Å². The summed E-state index contributed by atoms with van der Waals surface area (Å²) in [4.78, 5) is 12.2. The topological polar surface area (TPSA) is 47.6 Å². The van der Waals surface area contributed by atoms with Gasteiger partial charge in [-0.25, -0.2) is 4.39 Å². The lowest BCUT2D eigenvalue weighted by atomic mass is 10.1. The molecule has 4 nitrogen and oxygen atoms in total. The van der Waals surface area contributed by atoms with Crippen LogP contribution in [-0.4, -0.2) is 19.1 Å². The van der Waals surface area contributed by atoms with Crippen molar-refractivity contribution in [1.82, 2.24) is 5.32 Å². The monoisotopic (exact) mass is 317 g/mol. The van der Waals surface area contributed by atoms with Crippen LogP contribution in [0.1, 0.15) is 25.5 Å². The van der Waals surface area contributed by atoms with Crippen LogP contribution < -0.4 is 14.8 Å². The van der Waals surface area contributed by atoms with Gasteiger partial charge >= 0.3 is 0 Å². The van der Waals surface area contributed by atoms with Gasteiger partial charge in [-0.2, -0.15) is 0 Å². The Hall–Kier alpha value is -2.56. The maximum absolute atomic E-state index is 12.9. The Morgan fingerprint density at radius 2 is 1.57 bits per heavy atom. The van der Waals surface area contributed by atoms with E-state index in [4.69, 9.17) is 9.47 Å². The number of rotatable bonds is 6. The molecule has 0 fully saturated rings. The zero-order chi connectivity index (χ0) is 16.8. The zero-order valence-electron chi connectivity index (χ0n) is 13.4. The molecular formula is C18H20FNO3. The molecule has 5 heteroatoms. The van der Waals surface area contributed by atoms with Crippen molar-refractivity contribution in [3.63, 3.8) is 0 Å². The Balaban J connectivity index is 1.92. The van der Waals surface area contributed by atoms with Gasteiger partial charge in [0.2, 0.25) is 0 Å². The van der Waals surface area contributed by atoms with Crippen molar-refractivity contribution in [2.24, 2.45) is 0 Å². The molecule has 0 aliphatic heterocycles. The fourth-order valence-electron chi connectivity index (χ4n) is 2.08. The minimum absolute atomic E-state index is 0.160. The second-order valence-electron chi connectivity index (χ2n) is 5.22. The Labute approximate surface area is 135 Å². The van der Waals surface area contributed by atoms with Crippen LogP contribution in [0.15, 0.2) is 48.5 Å². The molecule has 0 heterocycles. The molecule has 0 spiro atoms. The smallest absolute Gasteiger partial charge is 0.261 e. The Kier molecular flexibility index (Phi) is 5.57. The van der Waals surface area contributed by atoms with E-state index in [1.54, 1.807) is 14.0 Å². The van der Waals surface area contributed by atoms with Crippen LogP contribution in [0.4, 0.5) is 4.39 Å². The van der Waals surface area contributed by atoms with E-state index in [0.717, 1.165) is 11.3 Å². The SMILES string of the molecule is COc1ccc([C@@H](C)NC(=O)[C@@H](C)Oc2ccc(F)cc2)cc1. The van der Waals surface area contributed by atoms with E-state index in [0.29, 0.717) is 5.75 Å². The van der Waals surface area contributed by atoms with E-state index in [1.807, 2.05) is 31.2 Å². The van der Waals surface area contributed by atoms with Gasteiger partial charge in [0.25, 0.3) is 5.91 Å². The number of carbonyl (C=O) groups excluding carboxylic acids is 1. The highest BCUT2D eigenvalue weighted by Gasteiger charge is 2.17. The van der Waals surface area contributed by atoms with Gasteiger partial charge in [-0.15, -0.1) is 0 Å². The summed E-state index contributed by atoms with van der Waals surface area (Å²) in [7, 11) is 1.61. The molecule has 0 aliphatic carbocycles. The van der Waals surface area contributed by atoms with Crippen molar-refractivity contribution < 1.29 is 18.7 Å². The first kappa shape index (κ1) is 16.8. The molecule has 2 atom stereocenters. The average Bonchev–Trinajstić information content (AvgIpc) is 2.56. The van der Waals surface area contributed by atoms with Gasteiger partial charge in [0.15, 0.2) is 6.10 Å². The van der Waals surface area contributed by atoms with E-state index >= 15 is 0 Å². The van der Waals surface area contributed by atoms with Gasteiger partial charge in [0.1, 0.15) is 17.3 Å². The van der Waals surface area contributed by atoms with E-state index in [9.17, 15) is 9.18 Å². The van der Waals surface area contributed by atoms with E-state index in [-0.39, 0.29) is 17.8 Å². The van der Waals surface area contributed by atoms with Crippen molar-refractivity contribution in [2.75, 3.05) is 7.11 Å². The summed E-state index contributed by atoms with van der Waals surface area (Å²) in [6, 6.07) is 12.9. The summed E-state index contributed by atoms with van der Waals surface area (Å²) >= 11 is 0. The number of methoxy groups -OCH3 is 1. The van der Waals surface area contributed by atoms with Crippen LogP contribution in [0.2, 0.25) is 0 Å². The molecule has 0 saturated carbocycles. The fourth-order valence-corrected chi connectivity index (χ4v) is 2.08. The third-order valence-electron chi connectivity index (χ3n) is 3.47. The number of ether oxygens (including phenoxy) is 2. The highest BCUT2D eigenvalue weighted by Crippen LogP contribution is 2.18. The van der Waals surface area contributed by atoms with Crippen LogP contribution in [0.5, 0.6) is 11.5 Å². The lowest BCUT2D eigenvalue weighted by Gasteiger charge is -2.19. The minimum atomic E-state index is -0.679. The van der Waals surface area contributed by atoms with Crippen LogP contribution in [-0.2, 0) is 4.79 Å². The quantitative estimate of drug-likeness (QED) is 0.887. The number of nitrogens with one attached hydrogen (secondary N) is 1. The van der Waals surface area contributed by atoms with Crippen LogP contribution >= 0.6 is 0 Å². The van der Waals surface area contributed by atoms with Gasteiger partial charge in [-0.1, -0.05) is 12.1 Å². The highest BCUT2D eigenvalue weighted by molar-refractivity contribution is 5.81. The molecule has 0 bridgehead atoms. The predicted molar refractivity (Wildman–Crippen MR) is 86.0 cm³/mol. The van der Waals surface area contributed by atoms with Crippen LogP contribution in [0.3, 0.4) is 0 Å². The first-order valence-electron chi connectivity index (χ1n) is 7.36. The van der Waals surface area contributed by atoms with Gasteiger partial charge in [-0.3, -0.25) is 4.79 Å². The fraction of sp³-hybridized carbons (Fsp3) is 0.278. The van der Waals surface area contributed by atoms with Crippen LogP contribution in [0, 0.1) is 5.82 Å². The first-order valence-corrected chi connectivity index (χ1v) is 7.36. The number of halogens is 1. The molecule has 2 rings (SSSR count). The summed E-state index contributed by atoms with van der Waals surface area (Å²) < 4.78 is 23.5. The van der Waals surface area contributed by atoms with Crippen molar-refractivity contribution in [3.8, 4) is 11.5 Å². The summed E-state index contributed by atoms with van der Waals surface area (Å²) in [5.41, 5.74) is 0.966. The highest BCUT2D eigenvalue weighted by atomic mass is 19.1. The molecule has 0 aliphatic rings. The molecule has 2 aromatic carbocycles. The third-order valence-corrected chi connectivity index (χ3v) is 3.47. The summed E-state index contributed by atoms with van der Waals surface area (Å²) in [6.07, 6.45) is -0.679. The standard InChI is InChI=1S/C18H20FNO3/c1-12(14-4-8-16(22-3)9-5-14)20-18(21)13(2)23-17-10-6-15(19)7-11-17/h4-13H,1-3H3,(H,20,21)/t12-,13-/m1/s1. The van der Waals surface area contributed by atoms with Crippen molar-refractivity contribution >= 4 is 5.91 Å². The lowest BCUT2D eigenvalue weighted by Crippen LogP contribution is -2.37. The summed E-state index contributed by atoms with van der Waals surface area (Å²) in [6.45, 7) is 3.55. The Morgan fingerprint density at radius 1 is 1.00 bits per heavy atom. The first-order chi connectivity index (χ1) is 11.0. The van der Waals surface area contributed by atoms with Gasteiger partial charge in [0, 0.05) is 0 Å².